The number of hydrazine groups is 1. The maximum Gasteiger partial charge on any atom is 0.279 e. The van der Waals surface area contributed by atoms with Gasteiger partial charge in [0.2, 0.25) is 5.91 Å². The summed E-state index contributed by atoms with van der Waals surface area (Å²) in [5.41, 5.74) is 6.18. The minimum atomic E-state index is -0.221. The Morgan fingerprint density at radius 2 is 2.26 bits per heavy atom. The van der Waals surface area contributed by atoms with Crippen LogP contribution < -0.4 is 10.9 Å². The highest BCUT2D eigenvalue weighted by Gasteiger charge is 2.20. The molecule has 4 nitrogen and oxygen atoms in total. The molecule has 0 bridgehead atoms. The fourth-order valence-electron chi connectivity index (χ4n) is 2.17. The number of carbonyl (C=O) groups is 2. The zero-order valence-corrected chi connectivity index (χ0v) is 12.7. The summed E-state index contributed by atoms with van der Waals surface area (Å²) in [5, 5.41) is 0. The molecule has 1 aromatic heterocycles. The molecular weight excluding hydrogens is 280 g/mol. The van der Waals surface area contributed by atoms with E-state index in [0.29, 0.717) is 16.5 Å². The van der Waals surface area contributed by atoms with Gasteiger partial charge in [0.25, 0.3) is 5.91 Å². The molecule has 0 aliphatic heterocycles. The van der Waals surface area contributed by atoms with Crippen molar-refractivity contribution in [3.63, 3.8) is 0 Å². The number of hydrogen-bond donors (Lipinski definition) is 2. The minimum Gasteiger partial charge on any atom is -0.272 e. The van der Waals surface area contributed by atoms with Gasteiger partial charge in [0.05, 0.1) is 10.6 Å². The minimum absolute atomic E-state index is 0.184. The van der Waals surface area contributed by atoms with Crippen molar-refractivity contribution in [3.8, 4) is 0 Å². The third-order valence-corrected chi connectivity index (χ3v) is 4.93. The summed E-state index contributed by atoms with van der Waals surface area (Å²) in [6.07, 6.45) is 5.15. The van der Waals surface area contributed by atoms with Crippen molar-refractivity contribution in [2.24, 2.45) is 5.92 Å². The highest BCUT2D eigenvalue weighted by atomic mass is 32.2. The SMILES string of the molecule is CSCC(=O)NNC(=O)c1cc2c(s1)CC[C@@H](C)C2. The fraction of sp³-hybridized carbons (Fsp3) is 0.538. The number of hydrogen-bond acceptors (Lipinski definition) is 4. The average molecular weight is 298 g/mol. The van der Waals surface area contributed by atoms with Gasteiger partial charge in [-0.15, -0.1) is 11.3 Å². The molecule has 104 valence electrons. The lowest BCUT2D eigenvalue weighted by Crippen LogP contribution is -2.42. The van der Waals surface area contributed by atoms with E-state index < -0.39 is 0 Å². The summed E-state index contributed by atoms with van der Waals surface area (Å²) in [4.78, 5) is 25.2. The van der Waals surface area contributed by atoms with E-state index in [4.69, 9.17) is 0 Å². The van der Waals surface area contributed by atoms with Crippen LogP contribution in [-0.4, -0.2) is 23.8 Å². The van der Waals surface area contributed by atoms with Crippen LogP contribution in [0.2, 0.25) is 0 Å². The molecule has 0 aromatic carbocycles. The number of thiophene rings is 1. The first kappa shape index (κ1) is 14.4. The molecule has 1 heterocycles. The first-order valence-corrected chi connectivity index (χ1v) is 8.51. The highest BCUT2D eigenvalue weighted by molar-refractivity contribution is 7.99. The van der Waals surface area contributed by atoms with Gasteiger partial charge in [0, 0.05) is 4.88 Å². The van der Waals surface area contributed by atoms with Crippen LogP contribution in [0.3, 0.4) is 0 Å². The van der Waals surface area contributed by atoms with Crippen molar-refractivity contribution in [3.05, 3.63) is 21.4 Å². The molecule has 0 saturated carbocycles. The Balaban J connectivity index is 1.95. The molecule has 0 radical (unpaired) electrons. The maximum absolute atomic E-state index is 11.9. The van der Waals surface area contributed by atoms with Gasteiger partial charge in [-0.2, -0.15) is 11.8 Å². The van der Waals surface area contributed by atoms with Gasteiger partial charge in [0.1, 0.15) is 0 Å². The molecule has 1 atom stereocenters. The van der Waals surface area contributed by atoms with Crippen LogP contribution in [0.4, 0.5) is 0 Å². The summed E-state index contributed by atoms with van der Waals surface area (Å²) in [7, 11) is 0. The van der Waals surface area contributed by atoms with Gasteiger partial charge in [-0.1, -0.05) is 6.92 Å². The number of thioether (sulfide) groups is 1. The molecule has 0 unspecified atom stereocenters. The zero-order chi connectivity index (χ0) is 13.8. The predicted molar refractivity (Wildman–Crippen MR) is 79.5 cm³/mol. The molecular formula is C13H18N2O2S2. The summed E-state index contributed by atoms with van der Waals surface area (Å²) in [5.74, 6) is 0.634. The molecule has 0 spiro atoms. The second-order valence-electron chi connectivity index (χ2n) is 4.84. The Labute approximate surface area is 121 Å². The standard InChI is InChI=1S/C13H18N2O2S2/c1-8-3-4-10-9(5-8)6-11(19-10)13(17)15-14-12(16)7-18-2/h6,8H,3-5,7H2,1-2H3,(H,14,16)(H,15,17)/t8-/m1/s1. The van der Waals surface area contributed by atoms with Gasteiger partial charge in [-0.05, 0) is 43.1 Å². The van der Waals surface area contributed by atoms with Crippen LogP contribution >= 0.6 is 23.1 Å². The maximum atomic E-state index is 11.9. The zero-order valence-electron chi connectivity index (χ0n) is 11.1. The quantitative estimate of drug-likeness (QED) is 0.839. The molecule has 2 rings (SSSR count). The Morgan fingerprint density at radius 1 is 1.47 bits per heavy atom. The van der Waals surface area contributed by atoms with E-state index in [0.717, 1.165) is 12.8 Å². The molecule has 6 heteroatoms. The first-order chi connectivity index (χ1) is 9.10. The van der Waals surface area contributed by atoms with Crippen molar-refractivity contribution in [2.45, 2.75) is 26.2 Å². The Morgan fingerprint density at radius 3 is 3.00 bits per heavy atom. The summed E-state index contributed by atoms with van der Waals surface area (Å²) < 4.78 is 0. The molecule has 2 amide bonds. The predicted octanol–water partition coefficient (Wildman–Crippen LogP) is 2.00. The molecule has 0 fully saturated rings. The Kier molecular flexibility index (Phi) is 4.87. The van der Waals surface area contributed by atoms with E-state index in [9.17, 15) is 9.59 Å². The smallest absolute Gasteiger partial charge is 0.272 e. The Hall–Kier alpha value is -1.01. The number of amides is 2. The van der Waals surface area contributed by atoms with Crippen molar-refractivity contribution in [2.75, 3.05) is 12.0 Å². The molecule has 1 aliphatic carbocycles. The van der Waals surface area contributed by atoms with Crippen LogP contribution in [0.5, 0.6) is 0 Å². The second-order valence-corrected chi connectivity index (χ2v) is 6.85. The normalized spacial score (nSPS) is 17.7. The first-order valence-electron chi connectivity index (χ1n) is 6.30. The average Bonchev–Trinajstić information content (AvgIpc) is 2.79. The molecule has 1 aliphatic rings. The highest BCUT2D eigenvalue weighted by Crippen LogP contribution is 2.31. The largest absolute Gasteiger partial charge is 0.279 e. The number of nitrogens with one attached hydrogen (secondary N) is 2. The van der Waals surface area contributed by atoms with Crippen LogP contribution in [0, 0.1) is 5.92 Å². The Bertz CT molecular complexity index is 485. The topological polar surface area (TPSA) is 58.2 Å². The summed E-state index contributed by atoms with van der Waals surface area (Å²) >= 11 is 2.96. The van der Waals surface area contributed by atoms with E-state index in [1.54, 1.807) is 11.3 Å². The van der Waals surface area contributed by atoms with Gasteiger partial charge in [-0.25, -0.2) is 0 Å². The fourth-order valence-corrected chi connectivity index (χ4v) is 3.61. The number of aryl methyl sites for hydroxylation is 1. The van der Waals surface area contributed by atoms with E-state index >= 15 is 0 Å². The number of rotatable bonds is 3. The van der Waals surface area contributed by atoms with Gasteiger partial charge >= 0.3 is 0 Å². The van der Waals surface area contributed by atoms with E-state index in [1.807, 2.05) is 12.3 Å². The lowest BCUT2D eigenvalue weighted by Gasteiger charge is -2.16. The summed E-state index contributed by atoms with van der Waals surface area (Å²) in [6, 6.07) is 1.96. The third kappa shape index (κ3) is 3.73. The molecule has 1 aromatic rings. The van der Waals surface area contributed by atoms with Crippen molar-refractivity contribution < 1.29 is 9.59 Å². The lowest BCUT2D eigenvalue weighted by molar-refractivity contribution is -0.119. The number of carbonyl (C=O) groups excluding carboxylic acids is 2. The van der Waals surface area contributed by atoms with E-state index in [-0.39, 0.29) is 11.8 Å². The van der Waals surface area contributed by atoms with Crippen molar-refractivity contribution >= 4 is 34.9 Å². The summed E-state index contributed by atoms with van der Waals surface area (Å²) in [6.45, 7) is 2.24. The van der Waals surface area contributed by atoms with E-state index in [2.05, 4.69) is 17.8 Å². The van der Waals surface area contributed by atoms with Crippen LogP contribution in [-0.2, 0) is 17.6 Å². The van der Waals surface area contributed by atoms with Crippen molar-refractivity contribution in [1.82, 2.24) is 10.9 Å². The lowest BCUT2D eigenvalue weighted by atomic mass is 9.90. The molecule has 2 N–H and O–H groups in total. The second kappa shape index (κ2) is 6.43. The third-order valence-electron chi connectivity index (χ3n) is 3.14. The van der Waals surface area contributed by atoms with Gasteiger partial charge in [0.15, 0.2) is 0 Å². The van der Waals surface area contributed by atoms with E-state index in [1.165, 1.54) is 28.6 Å². The van der Waals surface area contributed by atoms with Crippen LogP contribution in [0.1, 0.15) is 33.5 Å². The van der Waals surface area contributed by atoms with Crippen LogP contribution in [0.25, 0.3) is 0 Å². The van der Waals surface area contributed by atoms with Gasteiger partial charge < -0.3 is 0 Å². The molecule has 19 heavy (non-hydrogen) atoms. The number of fused-ring (bicyclic) bond motifs is 1. The monoisotopic (exact) mass is 298 g/mol. The van der Waals surface area contributed by atoms with Crippen molar-refractivity contribution in [1.29, 1.82) is 0 Å². The van der Waals surface area contributed by atoms with Gasteiger partial charge in [-0.3, -0.25) is 20.4 Å². The van der Waals surface area contributed by atoms with Crippen LogP contribution in [0.15, 0.2) is 6.07 Å². The molecule has 0 saturated heterocycles.